The monoisotopic (exact) mass is 434 g/mol. The van der Waals surface area contributed by atoms with Crippen LogP contribution in [-0.4, -0.2) is 47.8 Å². The second-order valence-electron chi connectivity index (χ2n) is 8.44. The molecule has 1 saturated heterocycles. The Labute approximate surface area is 186 Å². The van der Waals surface area contributed by atoms with Gasteiger partial charge in [-0.25, -0.2) is 9.97 Å². The summed E-state index contributed by atoms with van der Waals surface area (Å²) in [6, 6.07) is 7.66. The highest BCUT2D eigenvalue weighted by Crippen LogP contribution is 2.39. The van der Waals surface area contributed by atoms with E-state index < -0.39 is 0 Å². The van der Waals surface area contributed by atoms with E-state index in [1.54, 1.807) is 14.2 Å². The predicted octanol–water partition coefficient (Wildman–Crippen LogP) is 3.31. The van der Waals surface area contributed by atoms with Crippen molar-refractivity contribution in [1.29, 1.82) is 0 Å². The zero-order chi connectivity index (χ0) is 22.3. The summed E-state index contributed by atoms with van der Waals surface area (Å²) in [6.45, 7) is 3.30. The maximum Gasteiger partial charge on any atom is 0.240 e. The molecule has 1 fully saturated rings. The summed E-state index contributed by atoms with van der Waals surface area (Å²) in [6.07, 6.45) is 7.41. The number of carbonyl (C=O) groups is 1. The van der Waals surface area contributed by atoms with Gasteiger partial charge in [0.1, 0.15) is 5.52 Å². The molecular weight excluding hydrogens is 408 g/mol. The van der Waals surface area contributed by atoms with Crippen molar-refractivity contribution in [1.82, 2.24) is 19.9 Å². The number of fused-ring (bicyclic) bond motifs is 1. The van der Waals surface area contributed by atoms with Crippen molar-refractivity contribution in [2.24, 2.45) is 5.92 Å². The zero-order valence-electron chi connectivity index (χ0n) is 18.4. The molecule has 3 heterocycles. The van der Waals surface area contributed by atoms with E-state index in [9.17, 15) is 4.79 Å². The van der Waals surface area contributed by atoms with E-state index in [0.717, 1.165) is 28.7 Å². The summed E-state index contributed by atoms with van der Waals surface area (Å²) in [4.78, 5) is 21.0. The van der Waals surface area contributed by atoms with Crippen LogP contribution in [0.4, 0.5) is 0 Å². The van der Waals surface area contributed by atoms with E-state index in [0.29, 0.717) is 42.9 Å². The number of allylic oxidation sites excluding steroid dienone is 2. The third kappa shape index (κ3) is 3.66. The number of carbonyl (C=O) groups excluding carboxylic acids is 1. The van der Waals surface area contributed by atoms with E-state index >= 15 is 0 Å². The molecule has 1 aliphatic carbocycles. The molecule has 0 unspecified atom stereocenters. The van der Waals surface area contributed by atoms with Gasteiger partial charge in [-0.05, 0) is 43.5 Å². The number of amides is 1. The second-order valence-corrected chi connectivity index (χ2v) is 8.44. The Morgan fingerprint density at radius 1 is 1.19 bits per heavy atom. The van der Waals surface area contributed by atoms with Crippen LogP contribution in [0.5, 0.6) is 17.4 Å². The predicted molar refractivity (Wildman–Crippen MR) is 120 cm³/mol. The van der Waals surface area contributed by atoms with Gasteiger partial charge < -0.3 is 24.1 Å². The van der Waals surface area contributed by atoms with E-state index in [1.165, 1.54) is 0 Å². The summed E-state index contributed by atoms with van der Waals surface area (Å²) >= 11 is 0. The average Bonchev–Trinajstić information content (AvgIpc) is 3.20. The number of hydrogen-bond acceptors (Lipinski definition) is 6. The first-order valence-corrected chi connectivity index (χ1v) is 10.7. The van der Waals surface area contributed by atoms with E-state index in [1.807, 2.05) is 30.6 Å². The lowest BCUT2D eigenvalue weighted by molar-refractivity contribution is -0.119. The molecule has 1 N–H and O–H groups in total. The molecule has 0 spiro atoms. The van der Waals surface area contributed by atoms with E-state index in [-0.39, 0.29) is 11.4 Å². The molecule has 0 radical (unpaired) electrons. The minimum atomic E-state index is -0.179. The number of nitrogens with zero attached hydrogens (tertiary/aromatic N) is 3. The lowest BCUT2D eigenvalue weighted by Gasteiger charge is -2.16. The standard InChI is InChI=1S/C24H26N4O4/c1-24(7-8-24)28-14-26-18-12-17(16-4-5-19(30-2)20(11-16)31-3)27-23(22(18)28)32-9-6-15-10-21(29)25-13-15/h4-5,7-8,11-12,14-15H,6,9-10,13H2,1-3H3,(H,25,29)/t15-/m1/s1. The molecule has 1 aromatic carbocycles. The SMILES string of the molecule is COc1ccc(-c2cc3ncn(C4(C)C=C4)c3c(OCC[C@H]3CNC(=O)C3)n2)cc1OC. The summed E-state index contributed by atoms with van der Waals surface area (Å²) in [7, 11) is 3.22. The Morgan fingerprint density at radius 3 is 2.69 bits per heavy atom. The first-order chi connectivity index (χ1) is 15.5. The third-order valence-corrected chi connectivity index (χ3v) is 6.17. The van der Waals surface area contributed by atoms with Crippen LogP contribution in [-0.2, 0) is 10.3 Å². The molecule has 8 nitrogen and oxygen atoms in total. The number of rotatable bonds is 8. The molecule has 1 atom stereocenters. The Kier molecular flexibility index (Phi) is 5.00. The minimum absolute atomic E-state index is 0.108. The molecular formula is C24H26N4O4. The Hall–Kier alpha value is -3.55. The smallest absolute Gasteiger partial charge is 0.240 e. The van der Waals surface area contributed by atoms with Gasteiger partial charge in [-0.15, -0.1) is 0 Å². The number of methoxy groups -OCH3 is 2. The van der Waals surface area contributed by atoms with Crippen molar-refractivity contribution >= 4 is 16.9 Å². The van der Waals surface area contributed by atoms with Gasteiger partial charge in [0, 0.05) is 18.5 Å². The fourth-order valence-electron chi connectivity index (χ4n) is 4.09. The molecule has 2 aromatic heterocycles. The summed E-state index contributed by atoms with van der Waals surface area (Å²) < 4.78 is 19.1. The van der Waals surface area contributed by atoms with Crippen LogP contribution >= 0.6 is 0 Å². The van der Waals surface area contributed by atoms with Crippen molar-refractivity contribution in [2.75, 3.05) is 27.4 Å². The molecule has 1 amide bonds. The highest BCUT2D eigenvalue weighted by Gasteiger charge is 2.33. The Morgan fingerprint density at radius 2 is 2.00 bits per heavy atom. The first kappa shape index (κ1) is 20.4. The van der Waals surface area contributed by atoms with Crippen LogP contribution in [0, 0.1) is 5.92 Å². The maximum absolute atomic E-state index is 11.5. The van der Waals surface area contributed by atoms with Gasteiger partial charge in [0.15, 0.2) is 11.5 Å². The van der Waals surface area contributed by atoms with Crippen molar-refractivity contribution < 1.29 is 19.0 Å². The van der Waals surface area contributed by atoms with E-state index in [2.05, 4.69) is 33.9 Å². The zero-order valence-corrected chi connectivity index (χ0v) is 18.4. The quantitative estimate of drug-likeness (QED) is 0.548. The van der Waals surface area contributed by atoms with Crippen molar-refractivity contribution in [3.8, 4) is 28.6 Å². The summed E-state index contributed by atoms with van der Waals surface area (Å²) in [5.41, 5.74) is 3.12. The summed E-state index contributed by atoms with van der Waals surface area (Å²) in [5, 5.41) is 2.88. The first-order valence-electron chi connectivity index (χ1n) is 10.7. The topological polar surface area (TPSA) is 87.5 Å². The van der Waals surface area contributed by atoms with Gasteiger partial charge in [-0.2, -0.15) is 0 Å². The average molecular weight is 434 g/mol. The number of benzene rings is 1. The van der Waals surface area contributed by atoms with Crippen molar-refractivity contribution in [3.05, 3.63) is 42.7 Å². The molecule has 32 heavy (non-hydrogen) atoms. The number of pyridine rings is 1. The lowest BCUT2D eigenvalue weighted by atomic mass is 10.1. The van der Waals surface area contributed by atoms with Gasteiger partial charge >= 0.3 is 0 Å². The van der Waals surface area contributed by atoms with Crippen molar-refractivity contribution in [3.63, 3.8) is 0 Å². The van der Waals surface area contributed by atoms with Gasteiger partial charge in [-0.1, -0.05) is 12.2 Å². The Balaban J connectivity index is 1.50. The fraction of sp³-hybridized carbons (Fsp3) is 0.375. The number of hydrogen-bond donors (Lipinski definition) is 1. The van der Waals surface area contributed by atoms with E-state index in [4.69, 9.17) is 19.2 Å². The molecule has 1 aliphatic heterocycles. The number of nitrogens with one attached hydrogen (secondary N) is 1. The summed E-state index contributed by atoms with van der Waals surface area (Å²) in [5.74, 6) is 2.23. The lowest BCUT2D eigenvalue weighted by Crippen LogP contribution is -2.15. The molecule has 8 heteroatoms. The number of imidazole rings is 1. The Bertz CT molecular complexity index is 1210. The molecule has 0 saturated carbocycles. The molecule has 2 aliphatic rings. The van der Waals surface area contributed by atoms with Gasteiger partial charge in [-0.3, -0.25) is 4.79 Å². The fourth-order valence-corrected chi connectivity index (χ4v) is 4.09. The number of ether oxygens (including phenoxy) is 3. The van der Waals surface area contributed by atoms with Crippen LogP contribution in [0.15, 0.2) is 42.7 Å². The van der Waals surface area contributed by atoms with Crippen molar-refractivity contribution in [2.45, 2.75) is 25.3 Å². The van der Waals surface area contributed by atoms with Gasteiger partial charge in [0.2, 0.25) is 11.8 Å². The highest BCUT2D eigenvalue weighted by molar-refractivity contribution is 5.85. The van der Waals surface area contributed by atoms with Crippen LogP contribution in [0.3, 0.4) is 0 Å². The minimum Gasteiger partial charge on any atom is -0.493 e. The van der Waals surface area contributed by atoms with Crippen LogP contribution in [0.2, 0.25) is 0 Å². The molecule has 3 aromatic rings. The molecule has 5 rings (SSSR count). The number of aromatic nitrogens is 3. The maximum atomic E-state index is 11.5. The van der Waals surface area contributed by atoms with Gasteiger partial charge in [0.05, 0.1) is 43.9 Å². The van der Waals surface area contributed by atoms with Crippen LogP contribution in [0.25, 0.3) is 22.3 Å². The van der Waals surface area contributed by atoms with Crippen LogP contribution < -0.4 is 19.5 Å². The molecule has 166 valence electrons. The second kappa shape index (κ2) is 7.85. The molecule has 0 bridgehead atoms. The van der Waals surface area contributed by atoms with Crippen LogP contribution in [0.1, 0.15) is 19.8 Å². The third-order valence-electron chi connectivity index (χ3n) is 6.17. The normalized spacial score (nSPS) is 18.6. The largest absolute Gasteiger partial charge is 0.493 e. The van der Waals surface area contributed by atoms with Gasteiger partial charge in [0.25, 0.3) is 0 Å². The highest BCUT2D eigenvalue weighted by atomic mass is 16.5.